The number of hydrogen-bond acceptors (Lipinski definition) is 9. The molecule has 14 nitrogen and oxygen atoms in total. The second-order valence-electron chi connectivity index (χ2n) is 10.6. The van der Waals surface area contributed by atoms with Gasteiger partial charge < -0.3 is 39.4 Å². The van der Waals surface area contributed by atoms with E-state index in [2.05, 4.69) is 15.6 Å². The van der Waals surface area contributed by atoms with Crippen LogP contribution < -0.4 is 24.8 Å². The van der Waals surface area contributed by atoms with Gasteiger partial charge in [0.15, 0.2) is 22.3 Å². The predicted molar refractivity (Wildman–Crippen MR) is 156 cm³/mol. The van der Waals surface area contributed by atoms with Crippen molar-refractivity contribution in [1.82, 2.24) is 18.8 Å². The molecule has 1 aromatic heterocycles. The molecule has 3 heterocycles. The highest BCUT2D eigenvalue weighted by atomic mass is 32.2. The number of imidazole rings is 1. The van der Waals surface area contributed by atoms with Crippen LogP contribution in [0.15, 0.2) is 53.9 Å². The molecule has 0 radical (unpaired) electrons. The van der Waals surface area contributed by atoms with Crippen molar-refractivity contribution in [3.8, 4) is 17.2 Å². The lowest BCUT2D eigenvalue weighted by molar-refractivity contribution is 0.0389. The van der Waals surface area contributed by atoms with Crippen LogP contribution in [0, 0.1) is 5.92 Å². The largest absolute Gasteiger partial charge is 0.486 e. The summed E-state index contributed by atoms with van der Waals surface area (Å²) in [6.45, 7) is 3.50. The lowest BCUT2D eigenvalue weighted by Crippen LogP contribution is -2.50. The smallest absolute Gasteiger partial charge is 0.323 e. The Hall–Kier alpha value is -4.34. The molecule has 3 aromatic rings. The number of amides is 3. The van der Waals surface area contributed by atoms with E-state index in [4.69, 9.17) is 14.2 Å². The minimum absolute atomic E-state index is 0.0766. The monoisotopic (exact) mass is 614 g/mol. The number of hydrogen-bond donors (Lipinski definition) is 3. The van der Waals surface area contributed by atoms with Crippen LogP contribution in [0.1, 0.15) is 24.2 Å². The number of aromatic nitrogens is 2. The topological polar surface area (TPSA) is 165 Å². The van der Waals surface area contributed by atoms with Crippen LogP contribution in [0.25, 0.3) is 0 Å². The molecular weight excluding hydrogens is 580 g/mol. The summed E-state index contributed by atoms with van der Waals surface area (Å²) in [7, 11) is -0.844. The fourth-order valence-electron chi connectivity index (χ4n) is 4.85. The second-order valence-corrected chi connectivity index (χ2v) is 12.6. The molecule has 0 bridgehead atoms. The fraction of sp³-hybridized carbons (Fsp3) is 0.393. The summed E-state index contributed by atoms with van der Waals surface area (Å²) in [6, 6.07) is 8.59. The molecule has 0 spiro atoms. The van der Waals surface area contributed by atoms with Crippen molar-refractivity contribution < 1.29 is 37.3 Å². The Labute approximate surface area is 249 Å². The van der Waals surface area contributed by atoms with Gasteiger partial charge in [-0.1, -0.05) is 13.0 Å². The molecule has 15 heteroatoms. The number of urea groups is 1. The van der Waals surface area contributed by atoms with Crippen LogP contribution in [0.3, 0.4) is 0 Å². The van der Waals surface area contributed by atoms with E-state index in [-0.39, 0.29) is 54.4 Å². The zero-order chi connectivity index (χ0) is 30.9. The van der Waals surface area contributed by atoms with Crippen molar-refractivity contribution >= 4 is 33.3 Å². The molecule has 3 atom stereocenters. The zero-order valence-electron chi connectivity index (χ0n) is 24.2. The molecule has 3 amide bonds. The highest BCUT2D eigenvalue weighted by molar-refractivity contribution is 7.89. The van der Waals surface area contributed by atoms with Gasteiger partial charge in [0.1, 0.15) is 6.10 Å². The van der Waals surface area contributed by atoms with Gasteiger partial charge in [0.25, 0.3) is 15.9 Å². The number of fused-ring (bicyclic) bond motifs is 2. The second kappa shape index (κ2) is 12.1. The maximum atomic E-state index is 13.7. The summed E-state index contributed by atoms with van der Waals surface area (Å²) in [5.41, 5.74) is 0.816. The van der Waals surface area contributed by atoms with Crippen molar-refractivity contribution in [3.63, 3.8) is 0 Å². The fourth-order valence-corrected chi connectivity index (χ4v) is 5.99. The van der Waals surface area contributed by atoms with Gasteiger partial charge >= 0.3 is 6.03 Å². The maximum absolute atomic E-state index is 13.7. The number of ether oxygens (including phenoxy) is 3. The van der Waals surface area contributed by atoms with Crippen molar-refractivity contribution in [2.75, 3.05) is 44.2 Å². The summed E-state index contributed by atoms with van der Waals surface area (Å²) in [4.78, 5) is 32.3. The first-order chi connectivity index (χ1) is 20.5. The maximum Gasteiger partial charge on any atom is 0.323 e. The van der Waals surface area contributed by atoms with E-state index >= 15 is 0 Å². The molecule has 0 fully saturated rings. The third-order valence-corrected chi connectivity index (χ3v) is 9.07. The number of benzene rings is 2. The Kier molecular flexibility index (Phi) is 8.48. The minimum Gasteiger partial charge on any atom is -0.486 e. The minimum atomic E-state index is -3.95. The van der Waals surface area contributed by atoms with E-state index in [1.54, 1.807) is 50.4 Å². The third-order valence-electron chi connectivity index (χ3n) is 7.36. The van der Waals surface area contributed by atoms with Gasteiger partial charge in [-0.2, -0.15) is 4.31 Å². The first-order valence-electron chi connectivity index (χ1n) is 13.6. The number of aryl methyl sites for hydroxylation is 1. The number of nitrogens with one attached hydrogen (secondary N) is 2. The molecule has 2 aliphatic rings. The van der Waals surface area contributed by atoms with Crippen molar-refractivity contribution in [3.05, 3.63) is 54.5 Å². The van der Waals surface area contributed by atoms with Gasteiger partial charge in [0, 0.05) is 44.5 Å². The normalized spacial score (nSPS) is 18.8. The van der Waals surface area contributed by atoms with Crippen LogP contribution in [-0.4, -0.2) is 89.9 Å². The predicted octanol–water partition coefficient (Wildman–Crippen LogP) is 2.33. The SMILES string of the molecule is C[C@@H]1CN([C@H](C)CO)C(=O)c2cccc(NC(=O)Nc3ccc4c(c3)OCO4)c2O[C@@H]1CN(C)S(=O)(=O)c1cn(C)cn1. The van der Waals surface area contributed by atoms with Gasteiger partial charge in [-0.25, -0.2) is 18.2 Å². The Morgan fingerprint density at radius 2 is 1.98 bits per heavy atom. The molecular formula is C28H34N6O8S. The van der Waals surface area contributed by atoms with E-state index in [9.17, 15) is 23.1 Å². The van der Waals surface area contributed by atoms with E-state index in [1.807, 2.05) is 6.92 Å². The van der Waals surface area contributed by atoms with Gasteiger partial charge in [0.2, 0.25) is 6.79 Å². The molecule has 0 saturated heterocycles. The van der Waals surface area contributed by atoms with Gasteiger partial charge in [-0.05, 0) is 31.2 Å². The van der Waals surface area contributed by atoms with E-state index < -0.39 is 34.1 Å². The zero-order valence-corrected chi connectivity index (χ0v) is 25.0. The number of likely N-dealkylation sites (N-methyl/N-ethyl adjacent to an activating group) is 1. The average Bonchev–Trinajstić information content (AvgIpc) is 3.63. The third kappa shape index (κ3) is 6.23. The number of para-hydroxylation sites is 1. The highest BCUT2D eigenvalue weighted by Gasteiger charge is 2.36. The van der Waals surface area contributed by atoms with Crippen molar-refractivity contribution in [1.29, 1.82) is 0 Å². The average molecular weight is 615 g/mol. The standard InChI is InChI=1S/C28H34N6O8S/c1-17-11-34(18(2)14-35)27(36)20-6-5-7-21(31-28(37)30-19-8-9-22-23(10-19)41-16-40-22)26(20)42-24(17)12-33(4)43(38,39)25-13-32(3)15-29-25/h5-10,13,15,17-18,24,35H,11-12,14,16H2,1-4H3,(H2,30,31,37)/t17-,18-,24-/m1/s1. The van der Waals surface area contributed by atoms with Crippen LogP contribution >= 0.6 is 0 Å². The number of rotatable bonds is 8. The lowest BCUT2D eigenvalue weighted by atomic mass is 9.99. The number of aliphatic hydroxyl groups excluding tert-OH is 1. The number of carbonyl (C=O) groups is 2. The quantitative estimate of drug-likeness (QED) is 0.345. The van der Waals surface area contributed by atoms with Crippen molar-refractivity contribution in [2.24, 2.45) is 13.0 Å². The molecule has 43 heavy (non-hydrogen) atoms. The number of anilines is 2. The van der Waals surface area contributed by atoms with E-state index in [1.165, 1.54) is 29.0 Å². The number of nitrogens with zero attached hydrogens (tertiary/aromatic N) is 4. The summed E-state index contributed by atoms with van der Waals surface area (Å²) < 4.78 is 46.3. The van der Waals surface area contributed by atoms with E-state index in [0.717, 1.165) is 4.31 Å². The summed E-state index contributed by atoms with van der Waals surface area (Å²) in [5.74, 6) is 0.387. The van der Waals surface area contributed by atoms with E-state index in [0.29, 0.717) is 17.2 Å². The van der Waals surface area contributed by atoms with Crippen LogP contribution in [-0.2, 0) is 17.1 Å². The Morgan fingerprint density at radius 3 is 2.70 bits per heavy atom. The van der Waals surface area contributed by atoms with Gasteiger partial charge in [-0.3, -0.25) is 4.79 Å². The van der Waals surface area contributed by atoms with Crippen LogP contribution in [0.2, 0.25) is 0 Å². The molecule has 5 rings (SSSR count). The Morgan fingerprint density at radius 1 is 1.21 bits per heavy atom. The first kappa shape index (κ1) is 30.1. The Bertz CT molecular complexity index is 1630. The number of sulfonamides is 1. The van der Waals surface area contributed by atoms with Crippen LogP contribution in [0.5, 0.6) is 17.2 Å². The lowest BCUT2D eigenvalue weighted by Gasteiger charge is -2.38. The number of carbonyl (C=O) groups excluding carboxylic acids is 2. The molecule has 2 aliphatic heterocycles. The molecule has 2 aromatic carbocycles. The first-order valence-corrected chi connectivity index (χ1v) is 15.1. The molecule has 3 N–H and O–H groups in total. The highest BCUT2D eigenvalue weighted by Crippen LogP contribution is 2.36. The molecule has 0 saturated carbocycles. The van der Waals surface area contributed by atoms with Crippen LogP contribution in [0.4, 0.5) is 16.2 Å². The molecule has 0 unspecified atom stereocenters. The molecule has 230 valence electrons. The van der Waals surface area contributed by atoms with Crippen molar-refractivity contribution in [2.45, 2.75) is 31.0 Å². The molecule has 0 aliphatic carbocycles. The van der Waals surface area contributed by atoms with Gasteiger partial charge in [0.05, 0.1) is 36.8 Å². The summed E-state index contributed by atoms with van der Waals surface area (Å²) in [5, 5.41) is 15.3. The summed E-state index contributed by atoms with van der Waals surface area (Å²) >= 11 is 0. The summed E-state index contributed by atoms with van der Waals surface area (Å²) in [6.07, 6.45) is 2.06. The van der Waals surface area contributed by atoms with Gasteiger partial charge in [-0.15, -0.1) is 0 Å². The Balaban J connectivity index is 1.45. The number of aliphatic hydroxyl groups is 1.